The number of aromatic nitrogens is 2. The smallest absolute Gasteiger partial charge is 0.266 e. The van der Waals surface area contributed by atoms with Crippen LogP contribution < -0.4 is 15.6 Å². The average Bonchev–Trinajstić information content (AvgIpc) is 2.85. The zero-order valence-corrected chi connectivity index (χ0v) is 19.7. The minimum absolute atomic E-state index is 0.0712. The predicted molar refractivity (Wildman–Crippen MR) is 132 cm³/mol. The quantitative estimate of drug-likeness (QED) is 0.303. The van der Waals surface area contributed by atoms with Crippen molar-refractivity contribution in [1.82, 2.24) is 14.9 Å². The van der Waals surface area contributed by atoms with E-state index in [1.807, 2.05) is 24.3 Å². The second kappa shape index (κ2) is 10.5. The third-order valence-electron chi connectivity index (χ3n) is 5.39. The fourth-order valence-electron chi connectivity index (χ4n) is 3.48. The van der Waals surface area contributed by atoms with Crippen LogP contribution in [0.5, 0.6) is 5.75 Å². The number of methoxy groups -OCH3 is 1. The van der Waals surface area contributed by atoms with Crippen molar-refractivity contribution in [2.24, 2.45) is 0 Å². The molecule has 4 aromatic rings. The summed E-state index contributed by atoms with van der Waals surface area (Å²) in [5, 5.41) is 3.65. The van der Waals surface area contributed by atoms with Crippen molar-refractivity contribution in [3.63, 3.8) is 0 Å². The normalized spacial score (nSPS) is 10.9. The Kier molecular flexibility index (Phi) is 7.27. The number of amides is 1. The second-order valence-corrected chi connectivity index (χ2v) is 8.66. The number of para-hydroxylation sites is 1. The number of nitrogens with one attached hydrogen (secondary N) is 1. The molecule has 0 aliphatic rings. The number of nitrogens with zero attached hydrogens (tertiary/aromatic N) is 2. The summed E-state index contributed by atoms with van der Waals surface area (Å²) in [6, 6.07) is 19.3. The van der Waals surface area contributed by atoms with E-state index in [0.717, 1.165) is 23.1 Å². The largest absolute Gasteiger partial charge is 0.497 e. The Hall–Kier alpha value is -3.65. The van der Waals surface area contributed by atoms with E-state index < -0.39 is 5.82 Å². The maximum Gasteiger partial charge on any atom is 0.266 e. The third kappa shape index (κ3) is 5.28. The molecule has 6 nitrogen and oxygen atoms in total. The van der Waals surface area contributed by atoms with Gasteiger partial charge in [0.05, 0.1) is 29.5 Å². The number of carbonyl (C=O) groups is 1. The topological polar surface area (TPSA) is 73.2 Å². The number of halogens is 1. The lowest BCUT2D eigenvalue weighted by Gasteiger charge is -2.14. The minimum Gasteiger partial charge on any atom is -0.497 e. The number of benzene rings is 3. The lowest BCUT2D eigenvalue weighted by atomic mass is 10.1. The van der Waals surface area contributed by atoms with Gasteiger partial charge >= 0.3 is 0 Å². The maximum absolute atomic E-state index is 14.3. The Balaban J connectivity index is 1.50. The molecule has 4 rings (SSSR count). The number of rotatable bonds is 8. The number of carbonyl (C=O) groups excluding carboxylic acids is 1. The first-order valence-corrected chi connectivity index (χ1v) is 11.8. The number of hydrogen-bond acceptors (Lipinski definition) is 5. The zero-order valence-electron chi connectivity index (χ0n) is 18.9. The maximum atomic E-state index is 14.3. The summed E-state index contributed by atoms with van der Waals surface area (Å²) >= 11 is 1.14. The second-order valence-electron chi connectivity index (χ2n) is 7.72. The molecule has 0 spiro atoms. The van der Waals surface area contributed by atoms with Crippen LogP contribution in [0.3, 0.4) is 0 Å². The molecular formula is C26H24FN3O3S. The number of thioether (sulfide) groups is 1. The monoisotopic (exact) mass is 477 g/mol. The van der Waals surface area contributed by atoms with Crippen LogP contribution in [0.1, 0.15) is 11.1 Å². The summed E-state index contributed by atoms with van der Waals surface area (Å²) in [7, 11) is 1.62. The Morgan fingerprint density at radius 2 is 1.88 bits per heavy atom. The molecule has 0 saturated carbocycles. The number of hydrogen-bond donors (Lipinski definition) is 1. The van der Waals surface area contributed by atoms with Crippen LogP contribution in [-0.2, 0) is 11.2 Å². The van der Waals surface area contributed by atoms with Crippen LogP contribution in [0.15, 0.2) is 76.7 Å². The van der Waals surface area contributed by atoms with E-state index in [9.17, 15) is 14.0 Å². The molecule has 0 radical (unpaired) electrons. The molecule has 0 fully saturated rings. The van der Waals surface area contributed by atoms with E-state index >= 15 is 0 Å². The minimum atomic E-state index is -0.412. The van der Waals surface area contributed by atoms with E-state index in [4.69, 9.17) is 4.74 Å². The fourth-order valence-corrected chi connectivity index (χ4v) is 4.32. The van der Waals surface area contributed by atoms with Crippen molar-refractivity contribution >= 4 is 28.6 Å². The van der Waals surface area contributed by atoms with Crippen LogP contribution in [0.25, 0.3) is 16.6 Å². The van der Waals surface area contributed by atoms with Crippen LogP contribution in [0.2, 0.25) is 0 Å². The highest BCUT2D eigenvalue weighted by Crippen LogP contribution is 2.22. The van der Waals surface area contributed by atoms with Gasteiger partial charge in [-0.15, -0.1) is 0 Å². The van der Waals surface area contributed by atoms with Crippen molar-refractivity contribution < 1.29 is 13.9 Å². The summed E-state index contributed by atoms with van der Waals surface area (Å²) in [4.78, 5) is 30.3. The summed E-state index contributed by atoms with van der Waals surface area (Å²) in [5.74, 6) is 0.265. The van der Waals surface area contributed by atoms with Gasteiger partial charge in [0.25, 0.3) is 5.56 Å². The number of ether oxygens (including phenoxy) is 1. The van der Waals surface area contributed by atoms with E-state index in [-0.39, 0.29) is 17.2 Å². The van der Waals surface area contributed by atoms with E-state index in [1.54, 1.807) is 50.4 Å². The summed E-state index contributed by atoms with van der Waals surface area (Å²) in [6.07, 6.45) is 0.683. The summed E-state index contributed by atoms with van der Waals surface area (Å²) in [5.41, 5.74) is 2.15. The first-order chi connectivity index (χ1) is 16.5. The molecule has 1 N–H and O–H groups in total. The Morgan fingerprint density at radius 1 is 1.12 bits per heavy atom. The molecule has 174 valence electrons. The standard InChI is InChI=1S/C26H24FN3O3S/c1-17-7-10-19(15-22(17)27)30-25(32)21-5-3-4-6-23(21)29-26(30)34-16-24(31)28-14-13-18-8-11-20(33-2)12-9-18/h3-12,15H,13-14,16H2,1-2H3,(H,28,31). The van der Waals surface area contributed by atoms with Gasteiger partial charge in [-0.2, -0.15) is 0 Å². The fraction of sp³-hybridized carbons (Fsp3) is 0.192. The van der Waals surface area contributed by atoms with Gasteiger partial charge in [-0.25, -0.2) is 9.37 Å². The van der Waals surface area contributed by atoms with Gasteiger partial charge in [-0.3, -0.25) is 14.2 Å². The molecule has 0 aliphatic carbocycles. The van der Waals surface area contributed by atoms with Crippen molar-refractivity contribution in [2.75, 3.05) is 19.4 Å². The molecule has 1 aromatic heterocycles. The van der Waals surface area contributed by atoms with E-state index in [0.29, 0.717) is 40.3 Å². The molecule has 1 heterocycles. The van der Waals surface area contributed by atoms with E-state index in [1.165, 1.54) is 10.6 Å². The Bertz CT molecular complexity index is 1390. The molecule has 8 heteroatoms. The highest BCUT2D eigenvalue weighted by atomic mass is 32.2. The molecule has 0 saturated heterocycles. The van der Waals surface area contributed by atoms with Crippen LogP contribution >= 0.6 is 11.8 Å². The van der Waals surface area contributed by atoms with Crippen molar-refractivity contribution in [1.29, 1.82) is 0 Å². The van der Waals surface area contributed by atoms with Crippen LogP contribution in [0.4, 0.5) is 4.39 Å². The lowest BCUT2D eigenvalue weighted by molar-refractivity contribution is -0.118. The molecular weight excluding hydrogens is 453 g/mol. The van der Waals surface area contributed by atoms with Crippen molar-refractivity contribution in [2.45, 2.75) is 18.5 Å². The zero-order chi connectivity index (χ0) is 24.1. The van der Waals surface area contributed by atoms with Gasteiger partial charge in [0.1, 0.15) is 11.6 Å². The highest BCUT2D eigenvalue weighted by molar-refractivity contribution is 7.99. The molecule has 0 bridgehead atoms. The summed E-state index contributed by atoms with van der Waals surface area (Å²) in [6.45, 7) is 2.14. The number of fused-ring (bicyclic) bond motifs is 1. The van der Waals surface area contributed by atoms with Gasteiger partial charge in [-0.05, 0) is 60.9 Å². The van der Waals surface area contributed by atoms with Crippen molar-refractivity contribution in [3.8, 4) is 11.4 Å². The van der Waals surface area contributed by atoms with E-state index in [2.05, 4.69) is 10.3 Å². The molecule has 0 aliphatic heterocycles. The van der Waals surface area contributed by atoms with Gasteiger partial charge in [-0.1, -0.05) is 42.1 Å². The van der Waals surface area contributed by atoms with Crippen molar-refractivity contribution in [3.05, 3.63) is 94.0 Å². The van der Waals surface area contributed by atoms with Gasteiger partial charge in [0.15, 0.2) is 5.16 Å². The Labute approximate surface area is 200 Å². The van der Waals surface area contributed by atoms with Crippen LogP contribution in [-0.4, -0.2) is 34.9 Å². The van der Waals surface area contributed by atoms with Gasteiger partial charge in [0, 0.05) is 6.54 Å². The predicted octanol–water partition coefficient (Wildman–Crippen LogP) is 4.29. The third-order valence-corrected chi connectivity index (χ3v) is 6.32. The first kappa shape index (κ1) is 23.5. The molecule has 0 unspecified atom stereocenters. The molecule has 1 amide bonds. The molecule has 3 aromatic carbocycles. The van der Waals surface area contributed by atoms with Crippen LogP contribution in [0, 0.1) is 12.7 Å². The highest BCUT2D eigenvalue weighted by Gasteiger charge is 2.15. The number of aryl methyl sites for hydroxylation is 1. The first-order valence-electron chi connectivity index (χ1n) is 10.8. The summed E-state index contributed by atoms with van der Waals surface area (Å²) < 4.78 is 20.8. The average molecular weight is 478 g/mol. The Morgan fingerprint density at radius 3 is 2.62 bits per heavy atom. The molecule has 0 atom stereocenters. The molecule has 34 heavy (non-hydrogen) atoms. The van der Waals surface area contributed by atoms with Gasteiger partial charge in [0.2, 0.25) is 5.91 Å². The SMILES string of the molecule is COc1ccc(CCNC(=O)CSc2nc3ccccc3c(=O)n2-c2ccc(C)c(F)c2)cc1. The van der Waals surface area contributed by atoms with Gasteiger partial charge < -0.3 is 10.1 Å². The lowest BCUT2D eigenvalue weighted by Crippen LogP contribution is -2.28.